The van der Waals surface area contributed by atoms with E-state index in [1.165, 1.54) is 12.1 Å². The largest absolute Gasteiger partial charge is 0.471 e. The first-order valence-electron chi connectivity index (χ1n) is 8.47. The Bertz CT molecular complexity index is 791. The van der Waals surface area contributed by atoms with E-state index in [-0.39, 0.29) is 17.8 Å². The van der Waals surface area contributed by atoms with E-state index < -0.39 is 12.1 Å². The van der Waals surface area contributed by atoms with E-state index in [2.05, 4.69) is 25.3 Å². The fourth-order valence-corrected chi connectivity index (χ4v) is 3.67. The van der Waals surface area contributed by atoms with Gasteiger partial charge in [0.2, 0.25) is 5.82 Å². The molecular weight excluding hydrogens is 349 g/mol. The van der Waals surface area contributed by atoms with Gasteiger partial charge in [-0.3, -0.25) is 4.79 Å². The highest BCUT2D eigenvalue weighted by atomic mass is 19.4. The second-order valence-corrected chi connectivity index (χ2v) is 6.78. The summed E-state index contributed by atoms with van der Waals surface area (Å²) in [5.74, 6) is -1.75. The number of alkyl halides is 3. The number of halogens is 3. The van der Waals surface area contributed by atoms with Gasteiger partial charge in [0.1, 0.15) is 0 Å². The van der Waals surface area contributed by atoms with Crippen LogP contribution in [0, 0.1) is 0 Å². The van der Waals surface area contributed by atoms with Gasteiger partial charge in [-0.15, -0.1) is 0 Å². The maximum absolute atomic E-state index is 12.5. The van der Waals surface area contributed by atoms with Crippen LogP contribution in [-0.2, 0) is 6.18 Å². The average Bonchev–Trinajstić information content (AvgIpc) is 3.22. The molecule has 4 rings (SSSR count). The standard InChI is InChI=1S/C17H17F3N4O2/c18-17(19,20)16-23-14(24-26-16)9-1-3-10(4-2-9)15(25)22-13-7-11-5-6-12(8-13)21-11/h1-4,11-13,21H,5-8H2,(H,22,25). The van der Waals surface area contributed by atoms with Crippen LogP contribution in [0.2, 0.25) is 0 Å². The maximum atomic E-state index is 12.5. The number of rotatable bonds is 3. The minimum absolute atomic E-state index is 0.146. The monoisotopic (exact) mass is 366 g/mol. The summed E-state index contributed by atoms with van der Waals surface area (Å²) in [4.78, 5) is 15.7. The minimum Gasteiger partial charge on any atom is -0.349 e. The summed E-state index contributed by atoms with van der Waals surface area (Å²) in [6.45, 7) is 0. The Morgan fingerprint density at radius 1 is 1.15 bits per heavy atom. The maximum Gasteiger partial charge on any atom is 0.471 e. The lowest BCUT2D eigenvalue weighted by Gasteiger charge is -2.29. The molecule has 2 fully saturated rings. The molecule has 1 aromatic carbocycles. The van der Waals surface area contributed by atoms with Crippen LogP contribution in [0.15, 0.2) is 28.8 Å². The number of nitrogens with zero attached hydrogens (tertiary/aromatic N) is 2. The Morgan fingerprint density at radius 2 is 1.81 bits per heavy atom. The highest BCUT2D eigenvalue weighted by molar-refractivity contribution is 5.94. The van der Waals surface area contributed by atoms with Gasteiger partial charge in [0, 0.05) is 29.3 Å². The van der Waals surface area contributed by atoms with Crippen LogP contribution < -0.4 is 10.6 Å². The van der Waals surface area contributed by atoms with Crippen molar-refractivity contribution in [3.63, 3.8) is 0 Å². The van der Waals surface area contributed by atoms with Crippen molar-refractivity contribution in [2.75, 3.05) is 0 Å². The Labute approximate surface area is 147 Å². The third-order valence-electron chi connectivity index (χ3n) is 4.88. The van der Waals surface area contributed by atoms with Gasteiger partial charge in [0.05, 0.1) is 0 Å². The van der Waals surface area contributed by atoms with Crippen molar-refractivity contribution in [2.24, 2.45) is 0 Å². The van der Waals surface area contributed by atoms with E-state index in [1.807, 2.05) is 0 Å². The average molecular weight is 366 g/mol. The van der Waals surface area contributed by atoms with Crippen LogP contribution in [0.25, 0.3) is 11.4 Å². The van der Waals surface area contributed by atoms with Gasteiger partial charge in [-0.2, -0.15) is 18.2 Å². The Morgan fingerprint density at radius 3 is 2.38 bits per heavy atom. The van der Waals surface area contributed by atoms with Crippen LogP contribution in [0.1, 0.15) is 41.9 Å². The van der Waals surface area contributed by atoms with E-state index in [4.69, 9.17) is 0 Å². The van der Waals surface area contributed by atoms with Gasteiger partial charge >= 0.3 is 12.1 Å². The van der Waals surface area contributed by atoms with Crippen molar-refractivity contribution in [3.8, 4) is 11.4 Å². The SMILES string of the molecule is O=C(NC1CC2CCC(C1)N2)c1ccc(-c2noc(C(F)(F)F)n2)cc1. The first kappa shape index (κ1) is 17.0. The summed E-state index contributed by atoms with van der Waals surface area (Å²) in [7, 11) is 0. The zero-order valence-electron chi connectivity index (χ0n) is 13.7. The molecule has 6 nitrogen and oxygen atoms in total. The van der Waals surface area contributed by atoms with E-state index in [1.54, 1.807) is 12.1 Å². The van der Waals surface area contributed by atoms with E-state index in [9.17, 15) is 18.0 Å². The van der Waals surface area contributed by atoms with Gasteiger partial charge < -0.3 is 15.2 Å². The molecule has 0 spiro atoms. The number of carbonyl (C=O) groups is 1. The number of nitrogens with one attached hydrogen (secondary N) is 2. The topological polar surface area (TPSA) is 80.0 Å². The highest BCUT2D eigenvalue weighted by Crippen LogP contribution is 2.29. The highest BCUT2D eigenvalue weighted by Gasteiger charge is 2.38. The molecule has 0 aliphatic carbocycles. The number of hydrogen-bond donors (Lipinski definition) is 2. The second-order valence-electron chi connectivity index (χ2n) is 6.78. The molecule has 2 atom stereocenters. The molecule has 1 amide bonds. The summed E-state index contributed by atoms with van der Waals surface area (Å²) in [5, 5.41) is 9.89. The van der Waals surface area contributed by atoms with Gasteiger partial charge in [0.25, 0.3) is 5.91 Å². The Hall–Kier alpha value is -2.42. The molecule has 138 valence electrons. The number of amides is 1. The smallest absolute Gasteiger partial charge is 0.349 e. The Kier molecular flexibility index (Phi) is 4.18. The predicted octanol–water partition coefficient (Wildman–Crippen LogP) is 2.77. The van der Waals surface area contributed by atoms with Gasteiger partial charge in [-0.25, -0.2) is 0 Å². The van der Waals surface area contributed by atoms with Crippen molar-refractivity contribution in [3.05, 3.63) is 35.7 Å². The lowest BCUT2D eigenvalue weighted by Crippen LogP contribution is -2.48. The molecule has 3 heterocycles. The molecule has 2 aliphatic heterocycles. The van der Waals surface area contributed by atoms with Crippen LogP contribution in [0.5, 0.6) is 0 Å². The third kappa shape index (κ3) is 3.44. The summed E-state index contributed by atoms with van der Waals surface area (Å²) in [6.07, 6.45) is -0.543. The molecule has 2 N–H and O–H groups in total. The van der Waals surface area contributed by atoms with E-state index in [0.29, 0.717) is 23.2 Å². The first-order chi connectivity index (χ1) is 12.4. The van der Waals surface area contributed by atoms with Crippen LogP contribution >= 0.6 is 0 Å². The molecule has 2 aromatic rings. The quantitative estimate of drug-likeness (QED) is 0.873. The summed E-state index contributed by atoms with van der Waals surface area (Å²) < 4.78 is 41.8. The summed E-state index contributed by atoms with van der Waals surface area (Å²) >= 11 is 0. The molecular formula is C17H17F3N4O2. The molecule has 2 aliphatic rings. The van der Waals surface area contributed by atoms with E-state index in [0.717, 1.165) is 25.7 Å². The molecule has 26 heavy (non-hydrogen) atoms. The fourth-order valence-electron chi connectivity index (χ4n) is 3.67. The van der Waals surface area contributed by atoms with Crippen molar-refractivity contribution in [2.45, 2.75) is 50.0 Å². The zero-order valence-corrected chi connectivity index (χ0v) is 13.7. The van der Waals surface area contributed by atoms with Crippen LogP contribution in [0.4, 0.5) is 13.2 Å². The number of aromatic nitrogens is 2. The second kappa shape index (κ2) is 6.39. The normalized spacial score (nSPS) is 25.3. The molecule has 2 saturated heterocycles. The minimum atomic E-state index is -4.68. The van der Waals surface area contributed by atoms with Gasteiger partial charge in [-0.1, -0.05) is 17.3 Å². The van der Waals surface area contributed by atoms with Crippen molar-refractivity contribution in [1.29, 1.82) is 0 Å². The molecule has 2 bridgehead atoms. The van der Waals surface area contributed by atoms with Crippen molar-refractivity contribution < 1.29 is 22.5 Å². The number of fused-ring (bicyclic) bond motifs is 2. The van der Waals surface area contributed by atoms with Crippen LogP contribution in [0.3, 0.4) is 0 Å². The van der Waals surface area contributed by atoms with Crippen LogP contribution in [-0.4, -0.2) is 34.2 Å². The summed E-state index contributed by atoms with van der Waals surface area (Å²) in [6, 6.07) is 7.20. The first-order valence-corrected chi connectivity index (χ1v) is 8.47. The molecule has 9 heteroatoms. The third-order valence-corrected chi connectivity index (χ3v) is 4.88. The predicted molar refractivity (Wildman–Crippen MR) is 85.2 cm³/mol. The van der Waals surface area contributed by atoms with E-state index >= 15 is 0 Å². The molecule has 1 aromatic heterocycles. The van der Waals surface area contributed by atoms with Crippen molar-refractivity contribution in [1.82, 2.24) is 20.8 Å². The van der Waals surface area contributed by atoms with Gasteiger partial charge in [0.15, 0.2) is 0 Å². The summed E-state index contributed by atoms with van der Waals surface area (Å²) in [5.41, 5.74) is 0.792. The number of carbonyl (C=O) groups excluding carboxylic acids is 1. The Balaban J connectivity index is 1.42. The zero-order chi connectivity index (χ0) is 18.3. The lowest BCUT2D eigenvalue weighted by atomic mass is 9.99. The molecule has 2 unspecified atom stereocenters. The lowest BCUT2D eigenvalue weighted by molar-refractivity contribution is -0.159. The fraction of sp³-hybridized carbons (Fsp3) is 0.471. The number of piperidine rings is 1. The van der Waals surface area contributed by atoms with Gasteiger partial charge in [-0.05, 0) is 37.8 Å². The number of hydrogen-bond acceptors (Lipinski definition) is 5. The number of benzene rings is 1. The molecule has 0 saturated carbocycles. The molecule has 0 radical (unpaired) electrons. The van der Waals surface area contributed by atoms with Crippen molar-refractivity contribution >= 4 is 5.91 Å².